The van der Waals surface area contributed by atoms with Crippen molar-refractivity contribution >= 4 is 0 Å². The summed E-state index contributed by atoms with van der Waals surface area (Å²) in [5.41, 5.74) is 0.288. The second-order valence-corrected chi connectivity index (χ2v) is 6.46. The van der Waals surface area contributed by atoms with Crippen LogP contribution in [-0.4, -0.2) is 35.2 Å². The molecule has 0 unspecified atom stereocenters. The largest absolute Gasteiger partial charge is 0.395 e. The van der Waals surface area contributed by atoms with Gasteiger partial charge in [-0.2, -0.15) is 0 Å². The molecule has 110 valence electrons. The topological polar surface area (TPSA) is 23.5 Å². The fraction of sp³-hybridized carbons (Fsp3) is 0.882. The average molecular weight is 265 g/mol. The molecule has 1 saturated carbocycles. The molecule has 2 atom stereocenters. The number of likely N-dealkylation sites (tertiary alicyclic amines) is 1. The Balaban J connectivity index is 1.97. The van der Waals surface area contributed by atoms with Crippen molar-refractivity contribution in [3.05, 3.63) is 12.2 Å². The number of allylic oxidation sites excluding steroid dienone is 1. The lowest BCUT2D eigenvalue weighted by molar-refractivity contribution is 0.00854. The van der Waals surface area contributed by atoms with Gasteiger partial charge in [-0.25, -0.2) is 0 Å². The Morgan fingerprint density at radius 2 is 2.21 bits per heavy atom. The van der Waals surface area contributed by atoms with Crippen molar-refractivity contribution in [1.29, 1.82) is 0 Å². The summed E-state index contributed by atoms with van der Waals surface area (Å²) in [6, 6.07) is 0. The third-order valence-corrected chi connectivity index (χ3v) is 5.07. The molecule has 0 aromatic carbocycles. The molecule has 1 heterocycles. The molecule has 2 bridgehead atoms. The highest BCUT2D eigenvalue weighted by Crippen LogP contribution is 2.43. The van der Waals surface area contributed by atoms with E-state index in [0.29, 0.717) is 6.61 Å². The van der Waals surface area contributed by atoms with Gasteiger partial charge in [-0.15, -0.1) is 0 Å². The first-order valence-electron chi connectivity index (χ1n) is 8.34. The molecule has 2 aliphatic rings. The zero-order valence-electron chi connectivity index (χ0n) is 12.6. The first-order chi connectivity index (χ1) is 9.30. The normalized spacial score (nSPS) is 32.0. The third-order valence-electron chi connectivity index (χ3n) is 5.07. The number of hydrogen-bond acceptors (Lipinski definition) is 2. The van der Waals surface area contributed by atoms with Crippen molar-refractivity contribution in [2.75, 3.05) is 19.7 Å². The van der Waals surface area contributed by atoms with Crippen molar-refractivity contribution in [3.8, 4) is 0 Å². The van der Waals surface area contributed by atoms with Gasteiger partial charge in [0.1, 0.15) is 0 Å². The van der Waals surface area contributed by atoms with E-state index in [1.54, 1.807) is 0 Å². The fourth-order valence-corrected chi connectivity index (χ4v) is 4.02. The van der Waals surface area contributed by atoms with Gasteiger partial charge in [-0.3, -0.25) is 4.90 Å². The summed E-state index contributed by atoms with van der Waals surface area (Å²) < 4.78 is 0. The number of aliphatic hydroxyl groups is 1. The highest BCUT2D eigenvalue weighted by molar-refractivity contribution is 5.12. The van der Waals surface area contributed by atoms with Crippen LogP contribution in [0.1, 0.15) is 64.7 Å². The molecule has 0 amide bonds. The van der Waals surface area contributed by atoms with Crippen LogP contribution < -0.4 is 0 Å². The number of rotatable bonds is 7. The zero-order valence-corrected chi connectivity index (χ0v) is 12.6. The number of hydrogen-bond donors (Lipinski definition) is 1. The molecule has 0 radical (unpaired) electrons. The van der Waals surface area contributed by atoms with Crippen LogP contribution in [0.3, 0.4) is 0 Å². The van der Waals surface area contributed by atoms with Gasteiger partial charge in [0.2, 0.25) is 0 Å². The van der Waals surface area contributed by atoms with Crippen LogP contribution in [0.2, 0.25) is 0 Å². The predicted molar refractivity (Wildman–Crippen MR) is 81.2 cm³/mol. The van der Waals surface area contributed by atoms with E-state index >= 15 is 0 Å². The minimum Gasteiger partial charge on any atom is -0.395 e. The summed E-state index contributed by atoms with van der Waals surface area (Å²) in [5, 5.41) is 9.31. The molecule has 0 aromatic heterocycles. The van der Waals surface area contributed by atoms with E-state index < -0.39 is 0 Å². The van der Waals surface area contributed by atoms with Crippen LogP contribution in [0.15, 0.2) is 12.2 Å². The summed E-state index contributed by atoms with van der Waals surface area (Å²) in [6.07, 6.45) is 16.9. The summed E-state index contributed by atoms with van der Waals surface area (Å²) in [5.74, 6) is 0.934. The van der Waals surface area contributed by atoms with Gasteiger partial charge in [0.25, 0.3) is 0 Å². The molecule has 2 fully saturated rings. The van der Waals surface area contributed by atoms with E-state index in [-0.39, 0.29) is 5.54 Å². The molecule has 2 heteroatoms. The van der Waals surface area contributed by atoms with Crippen LogP contribution in [0.5, 0.6) is 0 Å². The maximum atomic E-state index is 9.31. The van der Waals surface area contributed by atoms with Crippen molar-refractivity contribution in [3.63, 3.8) is 0 Å². The molecule has 1 aliphatic carbocycles. The van der Waals surface area contributed by atoms with Crippen molar-refractivity contribution in [2.24, 2.45) is 5.92 Å². The Morgan fingerprint density at radius 1 is 1.32 bits per heavy atom. The van der Waals surface area contributed by atoms with E-state index in [2.05, 4.69) is 24.0 Å². The maximum Gasteiger partial charge on any atom is 0.0558 e. The summed E-state index contributed by atoms with van der Waals surface area (Å²) in [4.78, 5) is 2.55. The Hall–Kier alpha value is -0.340. The van der Waals surface area contributed by atoms with E-state index in [9.17, 15) is 5.11 Å². The van der Waals surface area contributed by atoms with Gasteiger partial charge in [0, 0.05) is 12.1 Å². The zero-order chi connectivity index (χ0) is 13.6. The molecule has 19 heavy (non-hydrogen) atoms. The second-order valence-electron chi connectivity index (χ2n) is 6.46. The Morgan fingerprint density at radius 3 is 3.00 bits per heavy atom. The lowest BCUT2D eigenvalue weighted by atomic mass is 9.70. The minimum atomic E-state index is 0.288. The van der Waals surface area contributed by atoms with Crippen molar-refractivity contribution in [1.82, 2.24) is 4.90 Å². The fourth-order valence-electron chi connectivity index (χ4n) is 4.02. The van der Waals surface area contributed by atoms with Gasteiger partial charge in [0.15, 0.2) is 0 Å². The Labute approximate surface area is 118 Å². The SMILES string of the molecule is CCCCC/C=C\[C@@]12CCC[C@@H](CCN1CCO)C2. The molecule has 2 rings (SSSR count). The lowest BCUT2D eigenvalue weighted by Crippen LogP contribution is -2.55. The number of fused-ring (bicyclic) bond motifs is 2. The van der Waals surface area contributed by atoms with Crippen molar-refractivity contribution in [2.45, 2.75) is 70.3 Å². The van der Waals surface area contributed by atoms with E-state index in [4.69, 9.17) is 0 Å². The predicted octanol–water partition coefficient (Wildman–Crippen LogP) is 3.75. The minimum absolute atomic E-state index is 0.288. The highest BCUT2D eigenvalue weighted by Gasteiger charge is 2.42. The first-order valence-corrected chi connectivity index (χ1v) is 8.34. The summed E-state index contributed by atoms with van der Waals surface area (Å²) in [7, 11) is 0. The quantitative estimate of drug-likeness (QED) is 0.560. The molecule has 2 nitrogen and oxygen atoms in total. The second kappa shape index (κ2) is 7.44. The van der Waals surface area contributed by atoms with E-state index in [1.807, 2.05) is 0 Å². The number of β-amino-alcohol motifs (C(OH)–C–C–N with tert-alkyl or cyclic N) is 1. The molecule has 0 aromatic rings. The van der Waals surface area contributed by atoms with Gasteiger partial charge >= 0.3 is 0 Å². The van der Waals surface area contributed by atoms with Crippen molar-refractivity contribution < 1.29 is 5.11 Å². The van der Waals surface area contributed by atoms with Crippen LogP contribution in [-0.2, 0) is 0 Å². The first kappa shape index (κ1) is 15.1. The van der Waals surface area contributed by atoms with E-state index in [0.717, 1.165) is 12.5 Å². The van der Waals surface area contributed by atoms with Crippen LogP contribution in [0.25, 0.3) is 0 Å². The Bertz CT molecular complexity index is 289. The lowest BCUT2D eigenvalue weighted by Gasteiger charge is -2.51. The molecule has 1 N–H and O–H groups in total. The summed E-state index contributed by atoms with van der Waals surface area (Å²) in [6.45, 7) is 4.60. The molecule has 1 aliphatic heterocycles. The molecule has 0 spiro atoms. The monoisotopic (exact) mass is 265 g/mol. The van der Waals surface area contributed by atoms with Crippen LogP contribution >= 0.6 is 0 Å². The van der Waals surface area contributed by atoms with E-state index in [1.165, 1.54) is 64.3 Å². The molecular formula is C17H31NO. The highest BCUT2D eigenvalue weighted by atomic mass is 16.3. The standard InChI is InChI=1S/C17H31NO/c1-2-3-4-5-6-10-17-11-7-8-16(15-17)9-12-18(17)13-14-19/h6,10,16,19H,2-5,7-9,11-15H2,1H3/b10-6-/t16-,17-/m0/s1. The maximum absolute atomic E-state index is 9.31. The van der Waals surface area contributed by atoms with Crippen LogP contribution in [0, 0.1) is 5.92 Å². The van der Waals surface area contributed by atoms with Crippen LogP contribution in [0.4, 0.5) is 0 Å². The number of aliphatic hydroxyl groups excluding tert-OH is 1. The number of unbranched alkanes of at least 4 members (excludes halogenated alkanes) is 3. The van der Waals surface area contributed by atoms with Gasteiger partial charge < -0.3 is 5.11 Å². The number of piperidine rings is 1. The van der Waals surface area contributed by atoms with Gasteiger partial charge in [-0.1, -0.05) is 44.8 Å². The van der Waals surface area contributed by atoms with Gasteiger partial charge in [0.05, 0.1) is 6.61 Å². The smallest absolute Gasteiger partial charge is 0.0558 e. The summed E-state index contributed by atoms with van der Waals surface area (Å²) >= 11 is 0. The average Bonchev–Trinajstić information content (AvgIpc) is 2.42. The molecular weight excluding hydrogens is 234 g/mol. The molecule has 1 saturated heterocycles. The number of nitrogens with zero attached hydrogens (tertiary/aromatic N) is 1. The third kappa shape index (κ3) is 3.82. The van der Waals surface area contributed by atoms with Gasteiger partial charge in [-0.05, 0) is 44.6 Å². The Kier molecular flexibility index (Phi) is 5.90.